The maximum absolute atomic E-state index is 12.1. The topological polar surface area (TPSA) is 114 Å². The Morgan fingerprint density at radius 2 is 1.96 bits per heavy atom. The predicted molar refractivity (Wildman–Crippen MR) is 106 cm³/mol. The fourth-order valence-corrected chi connectivity index (χ4v) is 2.75. The molecule has 8 nitrogen and oxygen atoms in total. The van der Waals surface area contributed by atoms with Crippen LogP contribution in [-0.4, -0.2) is 22.9 Å². The van der Waals surface area contributed by atoms with Gasteiger partial charge in [0.25, 0.3) is 5.69 Å². The number of H-pyrrole nitrogens is 1. The van der Waals surface area contributed by atoms with Crippen molar-refractivity contribution in [2.45, 2.75) is 6.61 Å². The van der Waals surface area contributed by atoms with Gasteiger partial charge in [-0.3, -0.25) is 19.7 Å². The first kappa shape index (κ1) is 19.0. The predicted octanol–water partition coefficient (Wildman–Crippen LogP) is 3.23. The number of aromatic amines is 1. The molecule has 142 valence electrons. The molecule has 0 spiro atoms. The Bertz CT molecular complexity index is 1120. The molecule has 0 atom stereocenters. The van der Waals surface area contributed by atoms with Gasteiger partial charge < -0.3 is 15.0 Å². The number of nitro benzene ring substituents is 1. The van der Waals surface area contributed by atoms with Gasteiger partial charge in [0.05, 0.1) is 17.0 Å². The van der Waals surface area contributed by atoms with Gasteiger partial charge in [0, 0.05) is 42.5 Å². The molecule has 1 amide bonds. The lowest BCUT2D eigenvalue weighted by atomic mass is 10.1. The van der Waals surface area contributed by atoms with Gasteiger partial charge in [0.1, 0.15) is 0 Å². The van der Waals surface area contributed by atoms with E-state index in [9.17, 15) is 19.7 Å². The minimum atomic E-state index is -0.484. The van der Waals surface area contributed by atoms with E-state index >= 15 is 0 Å². The largest absolute Gasteiger partial charge is 0.380 e. The SMILES string of the molecule is COCc1cc(=O)[nH]c2cc(NC(=O)/C=C\c3ccc([N+](=O)[O-])cc3)ccc12. The van der Waals surface area contributed by atoms with Gasteiger partial charge >= 0.3 is 0 Å². The number of anilines is 1. The molecule has 0 fully saturated rings. The summed E-state index contributed by atoms with van der Waals surface area (Å²) in [7, 11) is 1.55. The number of non-ortho nitro benzene ring substituents is 1. The molecular weight excluding hydrogens is 362 g/mol. The summed E-state index contributed by atoms with van der Waals surface area (Å²) in [4.78, 5) is 36.8. The Labute approximate surface area is 159 Å². The number of amides is 1. The Kier molecular flexibility index (Phi) is 5.61. The van der Waals surface area contributed by atoms with E-state index in [2.05, 4.69) is 10.3 Å². The molecule has 0 bridgehead atoms. The molecule has 2 aromatic carbocycles. The highest BCUT2D eigenvalue weighted by atomic mass is 16.6. The summed E-state index contributed by atoms with van der Waals surface area (Å²) in [5.74, 6) is -0.368. The number of hydrogen-bond acceptors (Lipinski definition) is 5. The molecule has 0 saturated carbocycles. The maximum Gasteiger partial charge on any atom is 0.269 e. The average molecular weight is 379 g/mol. The second kappa shape index (κ2) is 8.28. The van der Waals surface area contributed by atoms with Gasteiger partial charge in [-0.25, -0.2) is 0 Å². The van der Waals surface area contributed by atoms with Crippen molar-refractivity contribution in [1.29, 1.82) is 0 Å². The van der Waals surface area contributed by atoms with Gasteiger partial charge in [-0.1, -0.05) is 6.07 Å². The van der Waals surface area contributed by atoms with Gasteiger partial charge in [-0.15, -0.1) is 0 Å². The van der Waals surface area contributed by atoms with Gasteiger partial charge in [-0.2, -0.15) is 0 Å². The van der Waals surface area contributed by atoms with E-state index in [1.165, 1.54) is 24.3 Å². The average Bonchev–Trinajstić information content (AvgIpc) is 2.66. The molecule has 8 heteroatoms. The lowest BCUT2D eigenvalue weighted by Gasteiger charge is -2.08. The smallest absolute Gasteiger partial charge is 0.269 e. The third-order valence-corrected chi connectivity index (χ3v) is 4.03. The Hall–Kier alpha value is -3.78. The first-order chi connectivity index (χ1) is 13.5. The Balaban J connectivity index is 1.75. The highest BCUT2D eigenvalue weighted by Gasteiger charge is 2.06. The van der Waals surface area contributed by atoms with E-state index in [1.54, 1.807) is 43.5 Å². The number of fused-ring (bicyclic) bond motifs is 1. The lowest BCUT2D eigenvalue weighted by molar-refractivity contribution is -0.384. The van der Waals surface area contributed by atoms with Crippen LogP contribution in [0.4, 0.5) is 11.4 Å². The summed E-state index contributed by atoms with van der Waals surface area (Å²) in [5.41, 5.74) is 2.28. The molecule has 3 aromatic rings. The van der Waals surface area contributed by atoms with Gasteiger partial charge in [0.15, 0.2) is 0 Å². The molecule has 1 aromatic heterocycles. The highest BCUT2D eigenvalue weighted by molar-refractivity contribution is 6.03. The molecular formula is C20H17N3O5. The summed E-state index contributed by atoms with van der Waals surface area (Å²) in [6.07, 6.45) is 2.88. The highest BCUT2D eigenvalue weighted by Crippen LogP contribution is 2.20. The molecule has 3 rings (SSSR count). The number of methoxy groups -OCH3 is 1. The monoisotopic (exact) mass is 379 g/mol. The first-order valence-electron chi connectivity index (χ1n) is 8.34. The first-order valence-corrected chi connectivity index (χ1v) is 8.34. The molecule has 0 aliphatic carbocycles. The van der Waals surface area contributed by atoms with E-state index in [0.29, 0.717) is 23.4 Å². The summed E-state index contributed by atoms with van der Waals surface area (Å²) in [5, 5.41) is 14.2. The molecule has 0 saturated heterocycles. The number of carbonyl (C=O) groups is 1. The molecule has 2 N–H and O–H groups in total. The number of nitrogens with zero attached hydrogens (tertiary/aromatic N) is 1. The van der Waals surface area contributed by atoms with Crippen molar-refractivity contribution in [1.82, 2.24) is 4.98 Å². The number of carbonyl (C=O) groups excluding carboxylic acids is 1. The van der Waals surface area contributed by atoms with Crippen molar-refractivity contribution in [3.05, 3.63) is 86.2 Å². The van der Waals surface area contributed by atoms with Crippen molar-refractivity contribution in [2.75, 3.05) is 12.4 Å². The number of aromatic nitrogens is 1. The minimum Gasteiger partial charge on any atom is -0.380 e. The Morgan fingerprint density at radius 1 is 1.21 bits per heavy atom. The lowest BCUT2D eigenvalue weighted by Crippen LogP contribution is -2.10. The molecule has 0 aliphatic rings. The number of hydrogen-bond donors (Lipinski definition) is 2. The number of benzene rings is 2. The van der Waals surface area contributed by atoms with E-state index in [0.717, 1.165) is 10.9 Å². The zero-order valence-electron chi connectivity index (χ0n) is 15.0. The van der Waals surface area contributed by atoms with Gasteiger partial charge in [-0.05, 0) is 41.5 Å². The van der Waals surface area contributed by atoms with Crippen LogP contribution in [0.2, 0.25) is 0 Å². The van der Waals surface area contributed by atoms with E-state index in [1.807, 2.05) is 0 Å². The number of ether oxygens (including phenoxy) is 1. The summed E-state index contributed by atoms with van der Waals surface area (Å²) < 4.78 is 5.11. The summed E-state index contributed by atoms with van der Waals surface area (Å²) in [6, 6.07) is 12.5. The Morgan fingerprint density at radius 3 is 2.64 bits per heavy atom. The van der Waals surface area contributed by atoms with Crippen LogP contribution in [0.1, 0.15) is 11.1 Å². The second-order valence-electron chi connectivity index (χ2n) is 6.02. The van der Waals surface area contributed by atoms with Crippen LogP contribution in [-0.2, 0) is 16.1 Å². The van der Waals surface area contributed by atoms with E-state index in [-0.39, 0.29) is 17.2 Å². The van der Waals surface area contributed by atoms with Crippen LogP contribution >= 0.6 is 0 Å². The molecule has 0 unspecified atom stereocenters. The van der Waals surface area contributed by atoms with Crippen molar-refractivity contribution in [3.63, 3.8) is 0 Å². The molecule has 0 radical (unpaired) electrons. The molecule has 28 heavy (non-hydrogen) atoms. The van der Waals surface area contributed by atoms with Crippen molar-refractivity contribution in [2.24, 2.45) is 0 Å². The maximum atomic E-state index is 12.1. The molecule has 1 heterocycles. The number of pyridine rings is 1. The van der Waals surface area contributed by atoms with Crippen LogP contribution in [0.5, 0.6) is 0 Å². The van der Waals surface area contributed by atoms with Crippen molar-refractivity contribution >= 4 is 34.3 Å². The van der Waals surface area contributed by atoms with Crippen LogP contribution < -0.4 is 10.9 Å². The second-order valence-corrected chi connectivity index (χ2v) is 6.02. The van der Waals surface area contributed by atoms with Crippen LogP contribution in [0.15, 0.2) is 59.4 Å². The normalized spacial score (nSPS) is 11.0. The zero-order chi connectivity index (χ0) is 20.1. The number of rotatable bonds is 6. The van der Waals surface area contributed by atoms with Crippen LogP contribution in [0, 0.1) is 10.1 Å². The van der Waals surface area contributed by atoms with Crippen molar-refractivity contribution in [3.8, 4) is 0 Å². The summed E-state index contributed by atoms with van der Waals surface area (Å²) >= 11 is 0. The standard InChI is InChI=1S/C20H17N3O5/c1-28-12-14-10-20(25)22-18-11-15(5-8-17(14)18)21-19(24)9-4-13-2-6-16(7-3-13)23(26)27/h2-11H,12H2,1H3,(H,21,24)(H,22,25)/b9-4-. The minimum absolute atomic E-state index is 0.0143. The number of nitro groups is 1. The van der Waals surface area contributed by atoms with E-state index in [4.69, 9.17) is 4.74 Å². The fourth-order valence-electron chi connectivity index (χ4n) is 2.75. The molecule has 0 aliphatic heterocycles. The van der Waals surface area contributed by atoms with Crippen LogP contribution in [0.25, 0.3) is 17.0 Å². The van der Waals surface area contributed by atoms with Crippen molar-refractivity contribution < 1.29 is 14.5 Å². The zero-order valence-corrected chi connectivity index (χ0v) is 15.0. The third kappa shape index (κ3) is 4.49. The quantitative estimate of drug-likeness (QED) is 0.388. The fraction of sp³-hybridized carbons (Fsp3) is 0.100. The van der Waals surface area contributed by atoms with Crippen LogP contribution in [0.3, 0.4) is 0 Å². The third-order valence-electron chi connectivity index (χ3n) is 4.03. The number of nitrogens with one attached hydrogen (secondary N) is 2. The van der Waals surface area contributed by atoms with E-state index < -0.39 is 4.92 Å². The summed E-state index contributed by atoms with van der Waals surface area (Å²) in [6.45, 7) is 0.310. The van der Waals surface area contributed by atoms with Gasteiger partial charge in [0.2, 0.25) is 11.5 Å².